The van der Waals surface area contributed by atoms with Gasteiger partial charge in [-0.25, -0.2) is 4.39 Å². The first-order chi connectivity index (χ1) is 13.9. The summed E-state index contributed by atoms with van der Waals surface area (Å²) in [5.74, 6) is -1.31. The van der Waals surface area contributed by atoms with E-state index in [1.54, 1.807) is 42.5 Å². The molecule has 0 spiro atoms. The molecule has 5 nitrogen and oxygen atoms in total. The van der Waals surface area contributed by atoms with E-state index in [4.69, 9.17) is 16.3 Å². The molecule has 7 heteroatoms. The number of amides is 2. The Morgan fingerprint density at radius 2 is 1.69 bits per heavy atom. The Kier molecular flexibility index (Phi) is 6.46. The van der Waals surface area contributed by atoms with Crippen molar-refractivity contribution in [3.05, 3.63) is 88.7 Å². The molecular formula is C22H18ClFN2O3. The van der Waals surface area contributed by atoms with Gasteiger partial charge in [0, 0.05) is 0 Å². The molecule has 3 rings (SSSR count). The predicted octanol–water partition coefficient (Wildman–Crippen LogP) is 5.06. The lowest BCUT2D eigenvalue weighted by atomic mass is 10.1. The van der Waals surface area contributed by atoms with Crippen molar-refractivity contribution >= 4 is 34.8 Å². The quantitative estimate of drug-likeness (QED) is 0.594. The van der Waals surface area contributed by atoms with Gasteiger partial charge in [0.2, 0.25) is 0 Å². The van der Waals surface area contributed by atoms with Crippen molar-refractivity contribution in [1.29, 1.82) is 0 Å². The van der Waals surface area contributed by atoms with Gasteiger partial charge in [0.25, 0.3) is 11.8 Å². The third-order valence-electron chi connectivity index (χ3n) is 4.01. The van der Waals surface area contributed by atoms with Gasteiger partial charge in [0.05, 0.1) is 22.0 Å². The first-order valence-corrected chi connectivity index (χ1v) is 9.15. The monoisotopic (exact) mass is 412 g/mol. The van der Waals surface area contributed by atoms with E-state index in [1.807, 2.05) is 13.0 Å². The highest BCUT2D eigenvalue weighted by molar-refractivity contribution is 6.34. The molecule has 3 aromatic rings. The molecule has 0 aliphatic heterocycles. The zero-order valence-electron chi connectivity index (χ0n) is 15.5. The molecule has 0 aliphatic carbocycles. The van der Waals surface area contributed by atoms with Gasteiger partial charge in [0.1, 0.15) is 11.6 Å². The van der Waals surface area contributed by atoms with E-state index in [0.717, 1.165) is 5.56 Å². The van der Waals surface area contributed by atoms with Gasteiger partial charge in [-0.3, -0.25) is 9.59 Å². The zero-order valence-corrected chi connectivity index (χ0v) is 16.3. The lowest BCUT2D eigenvalue weighted by Gasteiger charge is -2.13. The Morgan fingerprint density at radius 1 is 0.966 bits per heavy atom. The largest absolute Gasteiger partial charge is 0.483 e. The molecule has 0 heterocycles. The minimum Gasteiger partial charge on any atom is -0.483 e. The summed E-state index contributed by atoms with van der Waals surface area (Å²) in [5, 5.41) is 5.57. The second kappa shape index (κ2) is 9.21. The number of anilines is 2. The van der Waals surface area contributed by atoms with E-state index in [0.29, 0.717) is 10.7 Å². The molecule has 0 saturated carbocycles. The van der Waals surface area contributed by atoms with Crippen molar-refractivity contribution in [2.45, 2.75) is 6.92 Å². The Balaban J connectivity index is 1.67. The van der Waals surface area contributed by atoms with Crippen LogP contribution in [0.15, 0.2) is 66.7 Å². The fraction of sp³-hybridized carbons (Fsp3) is 0.0909. The molecule has 2 N–H and O–H groups in total. The SMILES string of the molecule is Cc1ccc(NC(=O)c2ccccc2OCC(=O)Nc2ccccc2F)c(Cl)c1. The maximum atomic E-state index is 13.6. The van der Waals surface area contributed by atoms with E-state index in [1.165, 1.54) is 18.2 Å². The molecule has 148 valence electrons. The number of aryl methyl sites for hydroxylation is 1. The van der Waals surface area contributed by atoms with Gasteiger partial charge in [-0.15, -0.1) is 0 Å². The molecule has 0 atom stereocenters. The summed E-state index contributed by atoms with van der Waals surface area (Å²) < 4.78 is 19.1. The van der Waals surface area contributed by atoms with Crippen LogP contribution < -0.4 is 15.4 Å². The molecular weight excluding hydrogens is 395 g/mol. The van der Waals surface area contributed by atoms with Gasteiger partial charge in [-0.2, -0.15) is 0 Å². The molecule has 0 saturated heterocycles. The van der Waals surface area contributed by atoms with Crippen LogP contribution in [0.4, 0.5) is 15.8 Å². The number of carbonyl (C=O) groups excluding carboxylic acids is 2. The maximum absolute atomic E-state index is 13.6. The first kappa shape index (κ1) is 20.4. The van der Waals surface area contributed by atoms with Crippen LogP contribution >= 0.6 is 11.6 Å². The number of rotatable bonds is 6. The van der Waals surface area contributed by atoms with Gasteiger partial charge >= 0.3 is 0 Å². The lowest BCUT2D eigenvalue weighted by Crippen LogP contribution is -2.22. The number of para-hydroxylation sites is 2. The number of benzene rings is 3. The number of halogens is 2. The summed E-state index contributed by atoms with van der Waals surface area (Å²) in [6, 6.07) is 17.6. The average Bonchev–Trinajstić information content (AvgIpc) is 2.70. The second-order valence-electron chi connectivity index (χ2n) is 6.25. The topological polar surface area (TPSA) is 67.4 Å². The highest BCUT2D eigenvalue weighted by Crippen LogP contribution is 2.25. The van der Waals surface area contributed by atoms with Crippen LogP contribution in [0.25, 0.3) is 0 Å². The van der Waals surface area contributed by atoms with Crippen LogP contribution in [0.3, 0.4) is 0 Å². The van der Waals surface area contributed by atoms with Crippen molar-refractivity contribution in [1.82, 2.24) is 0 Å². The average molecular weight is 413 g/mol. The minimum atomic E-state index is -0.549. The summed E-state index contributed by atoms with van der Waals surface area (Å²) in [7, 11) is 0. The number of hydrogen-bond donors (Lipinski definition) is 2. The van der Waals surface area contributed by atoms with Crippen molar-refractivity contribution in [3.63, 3.8) is 0 Å². The van der Waals surface area contributed by atoms with Crippen LogP contribution in [0.2, 0.25) is 5.02 Å². The molecule has 3 aromatic carbocycles. The smallest absolute Gasteiger partial charge is 0.262 e. The van der Waals surface area contributed by atoms with Crippen LogP contribution in [0.1, 0.15) is 15.9 Å². The van der Waals surface area contributed by atoms with Gasteiger partial charge in [-0.1, -0.05) is 41.9 Å². The predicted molar refractivity (Wildman–Crippen MR) is 111 cm³/mol. The summed E-state index contributed by atoms with van der Waals surface area (Å²) in [4.78, 5) is 24.7. The van der Waals surface area contributed by atoms with E-state index >= 15 is 0 Å². The number of carbonyl (C=O) groups is 2. The van der Waals surface area contributed by atoms with Crippen molar-refractivity contribution < 1.29 is 18.7 Å². The normalized spacial score (nSPS) is 10.3. The molecule has 2 amide bonds. The number of hydrogen-bond acceptors (Lipinski definition) is 3. The Bertz CT molecular complexity index is 1060. The van der Waals surface area contributed by atoms with Crippen molar-refractivity contribution in [3.8, 4) is 5.75 Å². The Morgan fingerprint density at radius 3 is 2.45 bits per heavy atom. The van der Waals surface area contributed by atoms with Crippen LogP contribution in [0, 0.1) is 12.7 Å². The second-order valence-corrected chi connectivity index (χ2v) is 6.66. The van der Waals surface area contributed by atoms with Crippen molar-refractivity contribution in [2.75, 3.05) is 17.2 Å². The van der Waals surface area contributed by atoms with E-state index in [-0.39, 0.29) is 23.6 Å². The Labute approximate surface area is 172 Å². The zero-order chi connectivity index (χ0) is 20.8. The van der Waals surface area contributed by atoms with Gasteiger partial charge < -0.3 is 15.4 Å². The Hall–Kier alpha value is -3.38. The lowest BCUT2D eigenvalue weighted by molar-refractivity contribution is -0.118. The van der Waals surface area contributed by atoms with Crippen molar-refractivity contribution in [2.24, 2.45) is 0 Å². The molecule has 0 bridgehead atoms. The van der Waals surface area contributed by atoms with Crippen LogP contribution in [0.5, 0.6) is 5.75 Å². The summed E-state index contributed by atoms with van der Waals surface area (Å²) in [6.07, 6.45) is 0. The molecule has 0 aromatic heterocycles. The van der Waals surface area contributed by atoms with Gasteiger partial charge in [-0.05, 0) is 48.9 Å². The van der Waals surface area contributed by atoms with E-state index in [9.17, 15) is 14.0 Å². The first-order valence-electron chi connectivity index (χ1n) is 8.78. The molecule has 29 heavy (non-hydrogen) atoms. The van der Waals surface area contributed by atoms with Gasteiger partial charge in [0.15, 0.2) is 6.61 Å². The third-order valence-corrected chi connectivity index (χ3v) is 4.32. The summed E-state index contributed by atoms with van der Waals surface area (Å²) in [6.45, 7) is 1.51. The molecule has 0 unspecified atom stereocenters. The number of nitrogens with one attached hydrogen (secondary N) is 2. The minimum absolute atomic E-state index is 0.0566. The fourth-order valence-corrected chi connectivity index (χ4v) is 2.87. The fourth-order valence-electron chi connectivity index (χ4n) is 2.58. The summed E-state index contributed by atoms with van der Waals surface area (Å²) in [5.41, 5.74) is 1.73. The summed E-state index contributed by atoms with van der Waals surface area (Å²) >= 11 is 6.16. The van der Waals surface area contributed by atoms with E-state index < -0.39 is 17.6 Å². The molecule has 0 fully saturated rings. The van der Waals surface area contributed by atoms with E-state index in [2.05, 4.69) is 10.6 Å². The highest BCUT2D eigenvalue weighted by Gasteiger charge is 2.15. The standard InChI is InChI=1S/C22H18ClFN2O3/c1-14-10-11-18(16(23)12-14)26-22(28)15-6-2-5-9-20(15)29-13-21(27)25-19-8-4-3-7-17(19)24/h2-12H,13H2,1H3,(H,25,27)(H,26,28). The van der Waals surface area contributed by atoms with Crippen LogP contribution in [-0.2, 0) is 4.79 Å². The highest BCUT2D eigenvalue weighted by atomic mass is 35.5. The third kappa shape index (κ3) is 5.33. The number of ether oxygens (including phenoxy) is 1. The maximum Gasteiger partial charge on any atom is 0.262 e. The molecule has 0 aliphatic rings. The van der Waals surface area contributed by atoms with Crippen LogP contribution in [-0.4, -0.2) is 18.4 Å². The molecule has 0 radical (unpaired) electrons.